The minimum atomic E-state index is -0.776. The van der Waals surface area contributed by atoms with Gasteiger partial charge < -0.3 is 23.7 Å². The molecule has 3 rings (SSSR count). The van der Waals surface area contributed by atoms with Crippen LogP contribution in [0.25, 0.3) is 22.3 Å². The molecular weight excluding hydrogens is 396 g/mol. The zero-order valence-electron chi connectivity index (χ0n) is 16.2. The number of phenols is 1. The second-order valence-electron chi connectivity index (χ2n) is 6.21. The Hall–Kier alpha value is -4.14. The van der Waals surface area contributed by atoms with E-state index in [1.807, 2.05) is 0 Å². The van der Waals surface area contributed by atoms with Crippen molar-refractivity contribution < 1.29 is 38.1 Å². The highest BCUT2D eigenvalue weighted by Crippen LogP contribution is 2.36. The Balaban J connectivity index is 2.28. The van der Waals surface area contributed by atoms with Gasteiger partial charge in [-0.25, -0.2) is 0 Å². The van der Waals surface area contributed by atoms with Gasteiger partial charge in [-0.3, -0.25) is 19.2 Å². The minimum absolute atomic E-state index is 0.0915. The fourth-order valence-electron chi connectivity index (χ4n) is 2.76. The quantitative estimate of drug-likeness (QED) is 0.508. The number of fused-ring (bicyclic) bond motifs is 1. The van der Waals surface area contributed by atoms with E-state index in [9.17, 15) is 24.3 Å². The van der Waals surface area contributed by atoms with Gasteiger partial charge in [0.05, 0.1) is 0 Å². The largest absolute Gasteiger partial charge is 0.508 e. The molecule has 0 fully saturated rings. The molecule has 0 saturated heterocycles. The summed E-state index contributed by atoms with van der Waals surface area (Å²) in [6.07, 6.45) is 0. The summed E-state index contributed by atoms with van der Waals surface area (Å²) in [4.78, 5) is 47.2. The summed E-state index contributed by atoms with van der Waals surface area (Å²) in [5, 5.41) is 9.74. The van der Waals surface area contributed by atoms with Crippen LogP contribution in [0.4, 0.5) is 0 Å². The maximum Gasteiger partial charge on any atom is 0.308 e. The lowest BCUT2D eigenvalue weighted by molar-refractivity contribution is -0.133. The molecule has 9 nitrogen and oxygen atoms in total. The van der Waals surface area contributed by atoms with E-state index in [1.165, 1.54) is 31.2 Å². The molecule has 2 aromatic carbocycles. The molecule has 0 aliphatic rings. The number of carbonyl (C=O) groups excluding carboxylic acids is 3. The van der Waals surface area contributed by atoms with Crippen LogP contribution in [0.15, 0.2) is 45.6 Å². The molecule has 154 valence electrons. The Morgan fingerprint density at radius 3 is 2.03 bits per heavy atom. The fraction of sp³-hybridized carbons (Fsp3) is 0.143. The molecule has 0 unspecified atom stereocenters. The number of hydrogen-bond acceptors (Lipinski definition) is 9. The van der Waals surface area contributed by atoms with Gasteiger partial charge in [-0.15, -0.1) is 0 Å². The average Bonchev–Trinajstić information content (AvgIpc) is 2.63. The first-order chi connectivity index (χ1) is 14.2. The van der Waals surface area contributed by atoms with Crippen molar-refractivity contribution in [3.05, 3.63) is 46.6 Å². The van der Waals surface area contributed by atoms with Gasteiger partial charge in [-0.2, -0.15) is 0 Å². The standard InChI is InChI=1S/C21H16O9/c1-10(22)27-15-6-4-13(5-7-15)20-21(29-12(3)24)19(26)18-16(28-11(2)23)8-14(25)9-17(18)30-20/h4-9,25H,1-3H3. The topological polar surface area (TPSA) is 129 Å². The van der Waals surface area contributed by atoms with Gasteiger partial charge in [0, 0.05) is 38.5 Å². The highest BCUT2D eigenvalue weighted by Gasteiger charge is 2.23. The molecule has 0 aliphatic heterocycles. The maximum atomic E-state index is 13.1. The van der Waals surface area contributed by atoms with Crippen molar-refractivity contribution >= 4 is 28.9 Å². The molecule has 0 aliphatic carbocycles. The van der Waals surface area contributed by atoms with E-state index in [4.69, 9.17) is 18.6 Å². The molecule has 0 radical (unpaired) electrons. The van der Waals surface area contributed by atoms with Crippen molar-refractivity contribution in [3.63, 3.8) is 0 Å². The predicted molar refractivity (Wildman–Crippen MR) is 104 cm³/mol. The summed E-state index contributed by atoms with van der Waals surface area (Å²) < 4.78 is 20.8. The molecule has 0 saturated carbocycles. The number of rotatable bonds is 4. The normalized spacial score (nSPS) is 10.5. The molecule has 1 N–H and O–H groups in total. The van der Waals surface area contributed by atoms with E-state index >= 15 is 0 Å². The molecule has 3 aromatic rings. The number of phenolic OH excluding ortho intramolecular Hbond substituents is 1. The smallest absolute Gasteiger partial charge is 0.308 e. The number of ether oxygens (including phenoxy) is 3. The lowest BCUT2D eigenvalue weighted by atomic mass is 10.1. The van der Waals surface area contributed by atoms with Crippen LogP contribution in [-0.4, -0.2) is 23.0 Å². The minimum Gasteiger partial charge on any atom is -0.508 e. The first-order valence-corrected chi connectivity index (χ1v) is 8.65. The number of hydrogen-bond donors (Lipinski definition) is 1. The monoisotopic (exact) mass is 412 g/mol. The van der Waals surface area contributed by atoms with Crippen molar-refractivity contribution in [2.45, 2.75) is 20.8 Å². The summed E-state index contributed by atoms with van der Waals surface area (Å²) in [5.74, 6) is -2.81. The summed E-state index contributed by atoms with van der Waals surface area (Å²) in [7, 11) is 0. The van der Waals surface area contributed by atoms with Crippen molar-refractivity contribution in [2.24, 2.45) is 0 Å². The molecule has 0 amide bonds. The lowest BCUT2D eigenvalue weighted by Crippen LogP contribution is -2.15. The van der Waals surface area contributed by atoms with E-state index in [0.29, 0.717) is 5.56 Å². The van der Waals surface area contributed by atoms with Gasteiger partial charge in [0.2, 0.25) is 11.2 Å². The number of carbonyl (C=O) groups is 3. The van der Waals surface area contributed by atoms with Crippen molar-refractivity contribution in [2.75, 3.05) is 0 Å². The van der Waals surface area contributed by atoms with E-state index in [2.05, 4.69) is 0 Å². The summed E-state index contributed by atoms with van der Waals surface area (Å²) in [6.45, 7) is 3.49. The van der Waals surface area contributed by atoms with Crippen LogP contribution in [-0.2, 0) is 14.4 Å². The van der Waals surface area contributed by atoms with Crippen molar-refractivity contribution in [3.8, 4) is 34.3 Å². The van der Waals surface area contributed by atoms with Crippen LogP contribution >= 0.6 is 0 Å². The molecule has 0 bridgehead atoms. The molecule has 1 heterocycles. The Morgan fingerprint density at radius 1 is 0.867 bits per heavy atom. The number of aromatic hydroxyl groups is 1. The lowest BCUT2D eigenvalue weighted by Gasteiger charge is -2.12. The van der Waals surface area contributed by atoms with Gasteiger partial charge in [0.25, 0.3) is 0 Å². The number of benzene rings is 2. The van der Waals surface area contributed by atoms with Crippen molar-refractivity contribution in [1.29, 1.82) is 0 Å². The Kier molecular flexibility index (Phi) is 5.54. The Bertz CT molecular complexity index is 1220. The Morgan fingerprint density at radius 2 is 1.47 bits per heavy atom. The van der Waals surface area contributed by atoms with Gasteiger partial charge in [-0.05, 0) is 24.3 Å². The van der Waals surface area contributed by atoms with Crippen LogP contribution in [0.1, 0.15) is 20.8 Å². The summed E-state index contributed by atoms with van der Waals surface area (Å²) in [5.41, 5.74) is -0.536. The predicted octanol–water partition coefficient (Wildman–Crippen LogP) is 2.94. The van der Waals surface area contributed by atoms with E-state index in [-0.39, 0.29) is 34.0 Å². The van der Waals surface area contributed by atoms with Gasteiger partial charge >= 0.3 is 17.9 Å². The highest BCUT2D eigenvalue weighted by molar-refractivity contribution is 5.91. The van der Waals surface area contributed by atoms with Crippen LogP contribution in [0, 0.1) is 0 Å². The van der Waals surface area contributed by atoms with Crippen LogP contribution in [0.3, 0.4) is 0 Å². The Labute approximate surface area is 169 Å². The zero-order chi connectivity index (χ0) is 22.0. The second kappa shape index (κ2) is 8.08. The molecule has 0 spiro atoms. The van der Waals surface area contributed by atoms with E-state index < -0.39 is 29.1 Å². The molecule has 0 atom stereocenters. The van der Waals surface area contributed by atoms with Crippen LogP contribution in [0.5, 0.6) is 23.0 Å². The molecule has 1 aromatic heterocycles. The van der Waals surface area contributed by atoms with Gasteiger partial charge in [0.1, 0.15) is 28.2 Å². The van der Waals surface area contributed by atoms with E-state index in [1.54, 1.807) is 0 Å². The third-order valence-electron chi connectivity index (χ3n) is 3.78. The molecule has 30 heavy (non-hydrogen) atoms. The van der Waals surface area contributed by atoms with E-state index in [0.717, 1.165) is 26.0 Å². The molecule has 9 heteroatoms. The first kappa shape index (κ1) is 20.6. The zero-order valence-corrected chi connectivity index (χ0v) is 16.2. The van der Waals surface area contributed by atoms with Crippen LogP contribution in [0.2, 0.25) is 0 Å². The SMILES string of the molecule is CC(=O)Oc1ccc(-c2oc3cc(O)cc(OC(C)=O)c3c(=O)c2OC(C)=O)cc1. The fourth-order valence-corrected chi connectivity index (χ4v) is 2.76. The summed E-state index contributed by atoms with van der Waals surface area (Å²) >= 11 is 0. The highest BCUT2D eigenvalue weighted by atomic mass is 16.5. The molecular formula is C21H16O9. The third kappa shape index (κ3) is 4.30. The second-order valence-corrected chi connectivity index (χ2v) is 6.21. The van der Waals surface area contributed by atoms with Crippen LogP contribution < -0.4 is 19.6 Å². The first-order valence-electron chi connectivity index (χ1n) is 8.65. The van der Waals surface area contributed by atoms with Gasteiger partial charge in [0.15, 0.2) is 5.76 Å². The van der Waals surface area contributed by atoms with Crippen molar-refractivity contribution in [1.82, 2.24) is 0 Å². The average molecular weight is 412 g/mol. The third-order valence-corrected chi connectivity index (χ3v) is 3.78. The van der Waals surface area contributed by atoms with Gasteiger partial charge in [-0.1, -0.05) is 0 Å². The number of esters is 3. The maximum absolute atomic E-state index is 13.1. The summed E-state index contributed by atoms with van der Waals surface area (Å²) in [6, 6.07) is 8.15.